The minimum atomic E-state index is -4.23. The van der Waals surface area contributed by atoms with E-state index in [1.165, 1.54) is 12.1 Å². The van der Waals surface area contributed by atoms with E-state index < -0.39 is 11.7 Å². The average Bonchev–Trinajstić information content (AvgIpc) is 2.14. The molecule has 0 heterocycles. The van der Waals surface area contributed by atoms with Gasteiger partial charge in [0.05, 0.1) is 5.56 Å². The largest absolute Gasteiger partial charge is 0.416 e. The molecule has 0 aliphatic carbocycles. The number of thioether (sulfide) groups is 1. The summed E-state index contributed by atoms with van der Waals surface area (Å²) in [5, 5.41) is 0. The van der Waals surface area contributed by atoms with E-state index in [1.807, 2.05) is 0 Å². The number of hydrogen-bond acceptors (Lipinski definition) is 1. The minimum Gasteiger partial charge on any atom is -0.166 e. The van der Waals surface area contributed by atoms with Gasteiger partial charge in [-0.2, -0.15) is 13.2 Å². The van der Waals surface area contributed by atoms with Crippen LogP contribution in [0.25, 0.3) is 0 Å². The van der Waals surface area contributed by atoms with Crippen molar-refractivity contribution in [2.45, 2.75) is 24.9 Å². The highest BCUT2D eigenvalue weighted by Gasteiger charge is 2.29. The summed E-state index contributed by atoms with van der Waals surface area (Å²) in [5.41, 5.74) is -0.587. The maximum absolute atomic E-state index is 12.2. The van der Waals surface area contributed by atoms with Crippen LogP contribution >= 0.6 is 11.8 Å². The Balaban J connectivity index is 2.65. The summed E-state index contributed by atoms with van der Waals surface area (Å²) in [6, 6.07) is 5.30. The molecule has 1 aromatic rings. The molecule has 0 nitrogen and oxygen atoms in total. The van der Waals surface area contributed by atoms with E-state index >= 15 is 0 Å². The van der Waals surface area contributed by atoms with E-state index in [0.29, 0.717) is 5.92 Å². The lowest BCUT2D eigenvalue weighted by atomic mass is 10.2. The van der Waals surface area contributed by atoms with Gasteiger partial charge in [0.2, 0.25) is 0 Å². The van der Waals surface area contributed by atoms with Gasteiger partial charge >= 0.3 is 6.18 Å². The van der Waals surface area contributed by atoms with Gasteiger partial charge in [-0.15, -0.1) is 11.8 Å². The van der Waals surface area contributed by atoms with Gasteiger partial charge < -0.3 is 0 Å². The molecule has 15 heavy (non-hydrogen) atoms. The van der Waals surface area contributed by atoms with Crippen LogP contribution in [0, 0.1) is 5.92 Å². The molecule has 0 saturated carbocycles. The topological polar surface area (TPSA) is 0 Å². The Hall–Kier alpha value is -0.640. The third kappa shape index (κ3) is 4.16. The SMILES string of the molecule is CC(C)CSc1ccc(C(F)(F)F)cc1. The molecule has 0 aliphatic rings. The first kappa shape index (κ1) is 12.4. The summed E-state index contributed by atoms with van der Waals surface area (Å²) in [6.07, 6.45) is -4.23. The first-order valence-corrected chi connectivity index (χ1v) is 5.68. The smallest absolute Gasteiger partial charge is 0.166 e. The molecule has 0 fully saturated rings. The molecule has 0 aliphatic heterocycles. The van der Waals surface area contributed by atoms with Gasteiger partial charge in [-0.25, -0.2) is 0 Å². The summed E-state index contributed by atoms with van der Waals surface area (Å²) in [4.78, 5) is 0.886. The molecule has 0 N–H and O–H groups in total. The van der Waals surface area contributed by atoms with E-state index in [2.05, 4.69) is 13.8 Å². The molecule has 4 heteroatoms. The van der Waals surface area contributed by atoms with Crippen LogP contribution in [0.2, 0.25) is 0 Å². The molecule has 0 radical (unpaired) electrons. The van der Waals surface area contributed by atoms with Gasteiger partial charge in [-0.3, -0.25) is 0 Å². The quantitative estimate of drug-likeness (QED) is 0.696. The second-order valence-corrected chi connectivity index (χ2v) is 4.82. The Bertz CT molecular complexity index is 301. The van der Waals surface area contributed by atoms with Crippen LogP contribution in [0.4, 0.5) is 13.2 Å². The standard InChI is InChI=1S/C11H13F3S/c1-8(2)7-15-10-5-3-9(4-6-10)11(12,13)14/h3-6,8H,7H2,1-2H3. The van der Waals surface area contributed by atoms with Gasteiger partial charge in [0.15, 0.2) is 0 Å². The first-order chi connectivity index (χ1) is 6.89. The van der Waals surface area contributed by atoms with Crippen LogP contribution < -0.4 is 0 Å². The van der Waals surface area contributed by atoms with Gasteiger partial charge in [0.1, 0.15) is 0 Å². The summed E-state index contributed by atoms with van der Waals surface area (Å²) in [7, 11) is 0. The molecule has 84 valence electrons. The molecule has 0 aromatic heterocycles. The lowest BCUT2D eigenvalue weighted by Gasteiger charge is -2.08. The maximum Gasteiger partial charge on any atom is 0.416 e. The van der Waals surface area contributed by atoms with Crippen LogP contribution in [0.15, 0.2) is 29.2 Å². The molecule has 0 unspecified atom stereocenters. The van der Waals surface area contributed by atoms with Crippen LogP contribution in [-0.2, 0) is 6.18 Å². The van der Waals surface area contributed by atoms with Gasteiger partial charge in [-0.1, -0.05) is 13.8 Å². The summed E-state index contributed by atoms with van der Waals surface area (Å²) < 4.78 is 36.7. The molecule has 0 atom stereocenters. The Morgan fingerprint density at radius 2 is 1.67 bits per heavy atom. The van der Waals surface area contributed by atoms with Gasteiger partial charge in [-0.05, 0) is 30.2 Å². The van der Waals surface area contributed by atoms with E-state index in [1.54, 1.807) is 11.8 Å². The maximum atomic E-state index is 12.2. The third-order valence-corrected chi connectivity index (χ3v) is 3.20. The lowest BCUT2D eigenvalue weighted by Crippen LogP contribution is -2.04. The van der Waals surface area contributed by atoms with Crippen LogP contribution in [0.1, 0.15) is 19.4 Å². The van der Waals surface area contributed by atoms with Gasteiger partial charge in [0.25, 0.3) is 0 Å². The predicted octanol–water partition coefficient (Wildman–Crippen LogP) is 4.45. The second-order valence-electron chi connectivity index (χ2n) is 3.73. The number of alkyl halides is 3. The third-order valence-electron chi connectivity index (χ3n) is 1.76. The fourth-order valence-electron chi connectivity index (χ4n) is 1.00. The van der Waals surface area contributed by atoms with Crippen molar-refractivity contribution in [3.63, 3.8) is 0 Å². The lowest BCUT2D eigenvalue weighted by molar-refractivity contribution is -0.137. The number of hydrogen-bond donors (Lipinski definition) is 0. The zero-order valence-corrected chi connectivity index (χ0v) is 9.45. The zero-order valence-electron chi connectivity index (χ0n) is 8.64. The van der Waals surface area contributed by atoms with Crippen molar-refractivity contribution in [2.24, 2.45) is 5.92 Å². The minimum absolute atomic E-state index is 0.539. The van der Waals surface area contributed by atoms with Crippen molar-refractivity contribution in [3.05, 3.63) is 29.8 Å². The van der Waals surface area contributed by atoms with Crippen molar-refractivity contribution in [2.75, 3.05) is 5.75 Å². The molecular weight excluding hydrogens is 221 g/mol. The fourth-order valence-corrected chi connectivity index (χ4v) is 1.86. The molecule has 0 spiro atoms. The van der Waals surface area contributed by atoms with Crippen LogP contribution in [0.3, 0.4) is 0 Å². The highest BCUT2D eigenvalue weighted by atomic mass is 32.2. The fraction of sp³-hybridized carbons (Fsp3) is 0.455. The Labute approximate surface area is 91.9 Å². The second kappa shape index (κ2) is 4.92. The first-order valence-electron chi connectivity index (χ1n) is 4.69. The van der Waals surface area contributed by atoms with E-state index in [4.69, 9.17) is 0 Å². The summed E-state index contributed by atoms with van der Waals surface area (Å²) in [5.74, 6) is 1.46. The van der Waals surface area contributed by atoms with Crippen LogP contribution in [-0.4, -0.2) is 5.75 Å². The van der Waals surface area contributed by atoms with Crippen molar-refractivity contribution in [1.82, 2.24) is 0 Å². The molecule has 1 aromatic carbocycles. The van der Waals surface area contributed by atoms with E-state index in [0.717, 1.165) is 22.8 Å². The number of benzene rings is 1. The Kier molecular flexibility index (Phi) is 4.08. The Morgan fingerprint density at radius 1 is 1.13 bits per heavy atom. The van der Waals surface area contributed by atoms with Gasteiger partial charge in [0, 0.05) is 10.6 Å². The molecule has 0 bridgehead atoms. The Morgan fingerprint density at radius 3 is 2.07 bits per heavy atom. The van der Waals surface area contributed by atoms with Crippen LogP contribution in [0.5, 0.6) is 0 Å². The normalized spacial score (nSPS) is 12.1. The monoisotopic (exact) mass is 234 g/mol. The summed E-state index contributed by atoms with van der Waals surface area (Å²) >= 11 is 1.58. The van der Waals surface area contributed by atoms with Crippen molar-refractivity contribution in [3.8, 4) is 0 Å². The molecular formula is C11H13F3S. The predicted molar refractivity (Wildman–Crippen MR) is 57.0 cm³/mol. The number of rotatable bonds is 3. The zero-order chi connectivity index (χ0) is 11.5. The van der Waals surface area contributed by atoms with Crippen molar-refractivity contribution >= 4 is 11.8 Å². The molecule has 0 amide bonds. The molecule has 1 rings (SSSR count). The van der Waals surface area contributed by atoms with Crippen molar-refractivity contribution < 1.29 is 13.2 Å². The number of halogens is 3. The average molecular weight is 234 g/mol. The van der Waals surface area contributed by atoms with E-state index in [9.17, 15) is 13.2 Å². The highest BCUT2D eigenvalue weighted by molar-refractivity contribution is 7.99. The summed E-state index contributed by atoms with van der Waals surface area (Å²) in [6.45, 7) is 4.16. The molecule has 0 saturated heterocycles. The highest BCUT2D eigenvalue weighted by Crippen LogP contribution is 2.30. The van der Waals surface area contributed by atoms with E-state index in [-0.39, 0.29) is 0 Å². The van der Waals surface area contributed by atoms with Crippen molar-refractivity contribution in [1.29, 1.82) is 0 Å².